The first kappa shape index (κ1) is 19.4. The van der Waals surface area contributed by atoms with E-state index in [2.05, 4.69) is 35.2 Å². The topological polar surface area (TPSA) is 49.8 Å². The van der Waals surface area contributed by atoms with Gasteiger partial charge in [0.05, 0.1) is 19.1 Å². The Morgan fingerprint density at radius 1 is 1.07 bits per heavy atom. The van der Waals surface area contributed by atoms with Gasteiger partial charge >= 0.3 is 5.97 Å². The molecule has 1 fully saturated rings. The van der Waals surface area contributed by atoms with Crippen LogP contribution in [0.2, 0.25) is 0 Å². The number of piperidine rings is 1. The second kappa shape index (κ2) is 8.21. The molecule has 1 N–H and O–H groups in total. The summed E-state index contributed by atoms with van der Waals surface area (Å²) in [6, 6.07) is 18.8. The Bertz CT molecular complexity index is 1030. The van der Waals surface area contributed by atoms with Crippen LogP contribution >= 0.6 is 0 Å². The first-order valence-electron chi connectivity index (χ1n) is 9.86. The Labute approximate surface area is 169 Å². The standard InChI is InChI=1S/C24H24FNO3/c1-29-22-9-8-20(25)15-21(22)23(26-12-10-17(11-13-26)24(27)28)19-7-6-16-4-2-3-5-18(16)14-19/h2-9,14-15,17,23H,10-13H2,1H3,(H,27,28). The van der Waals surface area contributed by atoms with Gasteiger partial charge in [-0.2, -0.15) is 0 Å². The van der Waals surface area contributed by atoms with E-state index in [-0.39, 0.29) is 17.8 Å². The zero-order valence-corrected chi connectivity index (χ0v) is 16.3. The summed E-state index contributed by atoms with van der Waals surface area (Å²) in [5.74, 6) is -0.745. The lowest BCUT2D eigenvalue weighted by molar-refractivity contribution is -0.143. The van der Waals surface area contributed by atoms with Gasteiger partial charge in [0.15, 0.2) is 0 Å². The lowest BCUT2D eigenvalue weighted by atomic mass is 9.90. The number of ether oxygens (including phenoxy) is 1. The Morgan fingerprint density at radius 3 is 2.48 bits per heavy atom. The molecule has 0 aliphatic carbocycles. The van der Waals surface area contributed by atoms with E-state index in [1.165, 1.54) is 12.1 Å². The van der Waals surface area contributed by atoms with Crippen molar-refractivity contribution in [3.8, 4) is 5.75 Å². The number of rotatable bonds is 5. The fraction of sp³-hybridized carbons (Fsp3) is 0.292. The van der Waals surface area contributed by atoms with Crippen molar-refractivity contribution < 1.29 is 19.0 Å². The van der Waals surface area contributed by atoms with Crippen LogP contribution in [0.15, 0.2) is 60.7 Å². The molecular weight excluding hydrogens is 369 g/mol. The molecular formula is C24H24FNO3. The van der Waals surface area contributed by atoms with Gasteiger partial charge in [0.25, 0.3) is 0 Å². The van der Waals surface area contributed by atoms with E-state index in [0.29, 0.717) is 31.7 Å². The maximum Gasteiger partial charge on any atom is 0.306 e. The molecule has 3 aromatic carbocycles. The second-order valence-corrected chi connectivity index (χ2v) is 7.54. The van der Waals surface area contributed by atoms with Crippen LogP contribution in [0.3, 0.4) is 0 Å². The summed E-state index contributed by atoms with van der Waals surface area (Å²) in [5, 5.41) is 11.6. The predicted molar refractivity (Wildman–Crippen MR) is 111 cm³/mol. The van der Waals surface area contributed by atoms with Gasteiger partial charge in [-0.25, -0.2) is 4.39 Å². The summed E-state index contributed by atoms with van der Waals surface area (Å²) in [6.45, 7) is 1.27. The highest BCUT2D eigenvalue weighted by atomic mass is 19.1. The van der Waals surface area contributed by atoms with Crippen molar-refractivity contribution in [1.82, 2.24) is 4.90 Å². The van der Waals surface area contributed by atoms with E-state index in [9.17, 15) is 14.3 Å². The molecule has 150 valence electrons. The van der Waals surface area contributed by atoms with E-state index in [4.69, 9.17) is 4.74 Å². The number of nitrogens with zero attached hydrogens (tertiary/aromatic N) is 1. The molecule has 4 nitrogen and oxygen atoms in total. The second-order valence-electron chi connectivity index (χ2n) is 7.54. The van der Waals surface area contributed by atoms with E-state index in [0.717, 1.165) is 21.9 Å². The lowest BCUT2D eigenvalue weighted by Gasteiger charge is -2.37. The molecule has 3 aromatic rings. The molecule has 4 rings (SSSR count). The third kappa shape index (κ3) is 3.96. The lowest BCUT2D eigenvalue weighted by Crippen LogP contribution is -2.39. The van der Waals surface area contributed by atoms with Crippen molar-refractivity contribution in [2.75, 3.05) is 20.2 Å². The Hall–Kier alpha value is -2.92. The number of methoxy groups -OCH3 is 1. The third-order valence-electron chi connectivity index (χ3n) is 5.82. The highest BCUT2D eigenvalue weighted by Crippen LogP contribution is 2.38. The molecule has 0 saturated carbocycles. The Balaban J connectivity index is 1.79. The summed E-state index contributed by atoms with van der Waals surface area (Å²) in [5.41, 5.74) is 1.80. The number of aliphatic carboxylic acids is 1. The number of benzene rings is 3. The van der Waals surface area contributed by atoms with E-state index in [1.807, 2.05) is 12.1 Å². The number of carboxylic acids is 1. The van der Waals surface area contributed by atoms with Gasteiger partial charge < -0.3 is 9.84 Å². The van der Waals surface area contributed by atoms with Crippen molar-refractivity contribution in [3.63, 3.8) is 0 Å². The molecule has 1 heterocycles. The maximum absolute atomic E-state index is 14.2. The fourth-order valence-electron chi connectivity index (χ4n) is 4.29. The van der Waals surface area contributed by atoms with E-state index < -0.39 is 5.97 Å². The van der Waals surface area contributed by atoms with Gasteiger partial charge in [0.1, 0.15) is 11.6 Å². The van der Waals surface area contributed by atoms with Crippen molar-refractivity contribution in [3.05, 3.63) is 77.6 Å². The van der Waals surface area contributed by atoms with Crippen molar-refractivity contribution >= 4 is 16.7 Å². The average molecular weight is 393 g/mol. The Morgan fingerprint density at radius 2 is 1.79 bits per heavy atom. The summed E-state index contributed by atoms with van der Waals surface area (Å²) >= 11 is 0. The minimum Gasteiger partial charge on any atom is -0.496 e. The summed E-state index contributed by atoms with van der Waals surface area (Å²) in [4.78, 5) is 13.6. The molecule has 0 amide bonds. The fourth-order valence-corrected chi connectivity index (χ4v) is 4.29. The zero-order chi connectivity index (χ0) is 20.4. The number of fused-ring (bicyclic) bond motifs is 1. The van der Waals surface area contributed by atoms with Crippen LogP contribution in [0.4, 0.5) is 4.39 Å². The third-order valence-corrected chi connectivity index (χ3v) is 5.82. The molecule has 0 bridgehead atoms. The highest BCUT2D eigenvalue weighted by molar-refractivity contribution is 5.83. The number of carbonyl (C=O) groups is 1. The van der Waals surface area contributed by atoms with Crippen molar-refractivity contribution in [2.45, 2.75) is 18.9 Å². The maximum atomic E-state index is 14.2. The van der Waals surface area contributed by atoms with Crippen molar-refractivity contribution in [1.29, 1.82) is 0 Å². The normalized spacial score (nSPS) is 16.6. The summed E-state index contributed by atoms with van der Waals surface area (Å²) < 4.78 is 19.7. The van der Waals surface area contributed by atoms with E-state index >= 15 is 0 Å². The van der Waals surface area contributed by atoms with Gasteiger partial charge in [-0.3, -0.25) is 9.69 Å². The number of hydrogen-bond donors (Lipinski definition) is 1. The average Bonchev–Trinajstić information content (AvgIpc) is 2.74. The van der Waals surface area contributed by atoms with Crippen LogP contribution in [-0.2, 0) is 4.79 Å². The minimum atomic E-state index is -0.741. The number of hydrogen-bond acceptors (Lipinski definition) is 3. The molecule has 1 saturated heterocycles. The molecule has 0 spiro atoms. The SMILES string of the molecule is COc1ccc(F)cc1C(c1ccc2ccccc2c1)N1CCC(C(=O)O)CC1. The first-order chi connectivity index (χ1) is 14.1. The number of likely N-dealkylation sites (tertiary alicyclic amines) is 1. The summed E-state index contributed by atoms with van der Waals surface area (Å²) in [6.07, 6.45) is 1.16. The first-order valence-corrected chi connectivity index (χ1v) is 9.86. The van der Waals surface area contributed by atoms with Gasteiger partial charge in [-0.05, 0) is 66.5 Å². The zero-order valence-electron chi connectivity index (χ0n) is 16.3. The van der Waals surface area contributed by atoms with Crippen LogP contribution in [0.25, 0.3) is 10.8 Å². The van der Waals surface area contributed by atoms with Gasteiger partial charge in [0.2, 0.25) is 0 Å². The monoisotopic (exact) mass is 393 g/mol. The number of carboxylic acid groups (broad SMARTS) is 1. The summed E-state index contributed by atoms with van der Waals surface area (Å²) in [7, 11) is 1.59. The smallest absolute Gasteiger partial charge is 0.306 e. The van der Waals surface area contributed by atoms with Crippen LogP contribution in [0.1, 0.15) is 30.0 Å². The van der Waals surface area contributed by atoms with E-state index in [1.54, 1.807) is 13.2 Å². The quantitative estimate of drug-likeness (QED) is 0.672. The van der Waals surface area contributed by atoms with Crippen molar-refractivity contribution in [2.24, 2.45) is 5.92 Å². The molecule has 1 unspecified atom stereocenters. The van der Waals surface area contributed by atoms with Crippen LogP contribution < -0.4 is 4.74 Å². The molecule has 0 aromatic heterocycles. The molecule has 1 aliphatic rings. The van der Waals surface area contributed by atoms with Gasteiger partial charge in [-0.1, -0.05) is 36.4 Å². The molecule has 1 aliphatic heterocycles. The number of halogens is 1. The molecule has 5 heteroatoms. The highest BCUT2D eigenvalue weighted by Gasteiger charge is 2.31. The Kier molecular flexibility index (Phi) is 5.49. The van der Waals surface area contributed by atoms with Crippen LogP contribution in [0.5, 0.6) is 5.75 Å². The van der Waals surface area contributed by atoms with Crippen LogP contribution in [0, 0.1) is 11.7 Å². The molecule has 0 radical (unpaired) electrons. The minimum absolute atomic E-state index is 0.208. The van der Waals surface area contributed by atoms with Gasteiger partial charge in [-0.15, -0.1) is 0 Å². The predicted octanol–water partition coefficient (Wildman–Crippen LogP) is 4.87. The van der Waals surface area contributed by atoms with Crippen LogP contribution in [-0.4, -0.2) is 36.2 Å². The largest absolute Gasteiger partial charge is 0.496 e. The van der Waals surface area contributed by atoms with Gasteiger partial charge in [0, 0.05) is 5.56 Å². The molecule has 1 atom stereocenters. The molecule has 29 heavy (non-hydrogen) atoms.